The van der Waals surface area contributed by atoms with Crippen molar-refractivity contribution >= 4 is 17.6 Å². The molecule has 0 aliphatic heterocycles. The molecule has 0 bridgehead atoms. The first-order valence-corrected chi connectivity index (χ1v) is 5.12. The molecule has 0 atom stereocenters. The second-order valence-corrected chi connectivity index (χ2v) is 3.33. The molecule has 1 aromatic carbocycles. The van der Waals surface area contributed by atoms with Crippen LogP contribution in [0.25, 0.3) is 0 Å². The number of anilines is 1. The monoisotopic (exact) mass is 253 g/mol. The van der Waals surface area contributed by atoms with E-state index in [9.17, 15) is 9.59 Å². The van der Waals surface area contributed by atoms with E-state index in [0.29, 0.717) is 17.2 Å². The van der Waals surface area contributed by atoms with Gasteiger partial charge in [0.25, 0.3) is 0 Å². The van der Waals surface area contributed by atoms with Crippen LogP contribution < -0.4 is 25.8 Å². The number of hydrogen-bond donors (Lipinski definition) is 3. The topological polar surface area (TPSA) is 103 Å². The lowest BCUT2D eigenvalue weighted by Crippen LogP contribution is -2.38. The molecule has 1 aromatic rings. The molecule has 4 N–H and O–H groups in total. The fraction of sp³-hybridized carbons (Fsp3) is 0.273. The second kappa shape index (κ2) is 6.33. The lowest BCUT2D eigenvalue weighted by atomic mass is 10.2. The largest absolute Gasteiger partial charge is 0.497 e. The summed E-state index contributed by atoms with van der Waals surface area (Å²) in [6.07, 6.45) is 0. The number of carbonyl (C=O) groups is 2. The highest BCUT2D eigenvalue weighted by Crippen LogP contribution is 2.28. The number of carbonyl (C=O) groups excluding carboxylic acids is 2. The van der Waals surface area contributed by atoms with Crippen LogP contribution in [0.3, 0.4) is 0 Å². The summed E-state index contributed by atoms with van der Waals surface area (Å²) in [5, 5.41) is 4.77. The fourth-order valence-corrected chi connectivity index (χ4v) is 1.30. The molecule has 0 unspecified atom stereocenters. The molecule has 0 heterocycles. The molecule has 7 heteroatoms. The molecular weight excluding hydrogens is 238 g/mol. The van der Waals surface area contributed by atoms with Crippen molar-refractivity contribution in [2.24, 2.45) is 5.73 Å². The summed E-state index contributed by atoms with van der Waals surface area (Å²) in [6, 6.07) is 4.21. The highest BCUT2D eigenvalue weighted by atomic mass is 16.5. The van der Waals surface area contributed by atoms with E-state index in [2.05, 4.69) is 5.32 Å². The molecule has 0 aliphatic rings. The average molecular weight is 253 g/mol. The van der Waals surface area contributed by atoms with Crippen LogP contribution in [0.1, 0.15) is 0 Å². The van der Waals surface area contributed by atoms with Crippen molar-refractivity contribution < 1.29 is 19.1 Å². The standard InChI is InChI=1S/C11H15N3O4/c1-17-7-3-4-8(9(5-7)18-2)13-6-10(15)14-11(12)16/h3-5,13H,6H2,1-2H3,(H3,12,14,15,16). The first kappa shape index (κ1) is 13.6. The van der Waals surface area contributed by atoms with Crippen LogP contribution in [0.15, 0.2) is 18.2 Å². The van der Waals surface area contributed by atoms with Crippen LogP contribution >= 0.6 is 0 Å². The zero-order valence-electron chi connectivity index (χ0n) is 10.1. The molecule has 0 aliphatic carbocycles. The van der Waals surface area contributed by atoms with Crippen molar-refractivity contribution in [2.75, 3.05) is 26.1 Å². The zero-order valence-corrected chi connectivity index (χ0v) is 10.1. The van der Waals surface area contributed by atoms with Gasteiger partial charge in [0, 0.05) is 6.07 Å². The van der Waals surface area contributed by atoms with Gasteiger partial charge in [0.2, 0.25) is 5.91 Å². The number of nitrogens with two attached hydrogens (primary N) is 1. The summed E-state index contributed by atoms with van der Waals surface area (Å²) in [5.41, 5.74) is 5.43. The van der Waals surface area contributed by atoms with Crippen LogP contribution in [-0.2, 0) is 4.79 Å². The summed E-state index contributed by atoms with van der Waals surface area (Å²) in [6.45, 7) is -0.0916. The Hall–Kier alpha value is -2.44. The first-order valence-electron chi connectivity index (χ1n) is 5.12. The molecular formula is C11H15N3O4. The number of nitrogens with one attached hydrogen (secondary N) is 2. The van der Waals surface area contributed by atoms with Gasteiger partial charge in [-0.25, -0.2) is 4.79 Å². The van der Waals surface area contributed by atoms with Gasteiger partial charge in [-0.1, -0.05) is 0 Å². The maximum Gasteiger partial charge on any atom is 0.318 e. The minimum Gasteiger partial charge on any atom is -0.497 e. The van der Waals surface area contributed by atoms with Crippen molar-refractivity contribution in [2.45, 2.75) is 0 Å². The van der Waals surface area contributed by atoms with E-state index in [1.165, 1.54) is 7.11 Å². The number of benzene rings is 1. The predicted octanol–water partition coefficient (Wildman–Crippen LogP) is 0.311. The number of urea groups is 1. The Labute approximate surface area is 104 Å². The van der Waals surface area contributed by atoms with Gasteiger partial charge in [0.15, 0.2) is 0 Å². The molecule has 18 heavy (non-hydrogen) atoms. The minimum atomic E-state index is -0.886. The van der Waals surface area contributed by atoms with E-state index in [1.54, 1.807) is 25.3 Å². The number of rotatable bonds is 5. The van der Waals surface area contributed by atoms with Crippen molar-refractivity contribution in [3.63, 3.8) is 0 Å². The minimum absolute atomic E-state index is 0.0916. The lowest BCUT2D eigenvalue weighted by Gasteiger charge is -2.11. The van der Waals surface area contributed by atoms with Crippen molar-refractivity contribution in [3.8, 4) is 11.5 Å². The lowest BCUT2D eigenvalue weighted by molar-refractivity contribution is -0.118. The van der Waals surface area contributed by atoms with Crippen LogP contribution in [0.2, 0.25) is 0 Å². The number of ether oxygens (including phenoxy) is 2. The molecule has 3 amide bonds. The molecule has 7 nitrogen and oxygen atoms in total. The summed E-state index contributed by atoms with van der Waals surface area (Å²) in [7, 11) is 3.05. The van der Waals surface area contributed by atoms with E-state index >= 15 is 0 Å². The normalized spacial score (nSPS) is 9.44. The maximum atomic E-state index is 11.2. The van der Waals surface area contributed by atoms with Crippen LogP contribution in [0.4, 0.5) is 10.5 Å². The van der Waals surface area contributed by atoms with Gasteiger partial charge in [-0.3, -0.25) is 10.1 Å². The Morgan fingerprint density at radius 1 is 1.28 bits per heavy atom. The van der Waals surface area contributed by atoms with E-state index in [0.717, 1.165) is 0 Å². The Morgan fingerprint density at radius 3 is 2.56 bits per heavy atom. The van der Waals surface area contributed by atoms with Gasteiger partial charge in [0.05, 0.1) is 26.5 Å². The third-order valence-corrected chi connectivity index (χ3v) is 2.11. The van der Waals surface area contributed by atoms with E-state index in [-0.39, 0.29) is 6.54 Å². The molecule has 0 saturated carbocycles. The highest BCUT2D eigenvalue weighted by Gasteiger charge is 2.08. The average Bonchev–Trinajstić information content (AvgIpc) is 2.35. The Kier molecular flexibility index (Phi) is 4.79. The van der Waals surface area contributed by atoms with Gasteiger partial charge in [0.1, 0.15) is 11.5 Å². The predicted molar refractivity (Wildman–Crippen MR) is 65.8 cm³/mol. The number of imide groups is 1. The number of hydrogen-bond acceptors (Lipinski definition) is 5. The summed E-state index contributed by atoms with van der Waals surface area (Å²) in [5.74, 6) is 0.639. The molecule has 0 spiro atoms. The Bertz CT molecular complexity index is 448. The van der Waals surface area contributed by atoms with Crippen LogP contribution in [0, 0.1) is 0 Å². The first-order chi connectivity index (χ1) is 8.56. The van der Waals surface area contributed by atoms with Gasteiger partial charge in [-0.05, 0) is 12.1 Å². The van der Waals surface area contributed by atoms with Crippen LogP contribution in [0.5, 0.6) is 11.5 Å². The number of primary amides is 1. The quantitative estimate of drug-likeness (QED) is 0.700. The SMILES string of the molecule is COc1ccc(NCC(=O)NC(N)=O)c(OC)c1. The number of amides is 3. The molecule has 0 aromatic heterocycles. The Balaban J connectivity index is 2.67. The molecule has 1 rings (SSSR count). The fourth-order valence-electron chi connectivity index (χ4n) is 1.30. The van der Waals surface area contributed by atoms with Gasteiger partial charge < -0.3 is 20.5 Å². The molecule has 0 saturated heterocycles. The van der Waals surface area contributed by atoms with Gasteiger partial charge in [-0.15, -0.1) is 0 Å². The Morgan fingerprint density at radius 2 is 2.00 bits per heavy atom. The van der Waals surface area contributed by atoms with Gasteiger partial charge >= 0.3 is 6.03 Å². The zero-order chi connectivity index (χ0) is 13.5. The van der Waals surface area contributed by atoms with E-state index < -0.39 is 11.9 Å². The van der Waals surface area contributed by atoms with Crippen molar-refractivity contribution in [1.82, 2.24) is 5.32 Å². The van der Waals surface area contributed by atoms with Gasteiger partial charge in [-0.2, -0.15) is 0 Å². The summed E-state index contributed by atoms with van der Waals surface area (Å²) >= 11 is 0. The second-order valence-electron chi connectivity index (χ2n) is 3.33. The summed E-state index contributed by atoms with van der Waals surface area (Å²) < 4.78 is 10.2. The third-order valence-electron chi connectivity index (χ3n) is 2.11. The molecule has 0 radical (unpaired) electrons. The third kappa shape index (κ3) is 3.85. The summed E-state index contributed by atoms with van der Waals surface area (Å²) in [4.78, 5) is 21.7. The highest BCUT2D eigenvalue weighted by molar-refractivity contribution is 5.95. The maximum absolute atomic E-state index is 11.2. The van der Waals surface area contributed by atoms with Crippen LogP contribution in [-0.4, -0.2) is 32.7 Å². The number of methoxy groups -OCH3 is 2. The van der Waals surface area contributed by atoms with E-state index in [4.69, 9.17) is 15.2 Å². The van der Waals surface area contributed by atoms with E-state index in [1.807, 2.05) is 5.32 Å². The molecule has 98 valence electrons. The van der Waals surface area contributed by atoms with Crippen molar-refractivity contribution in [3.05, 3.63) is 18.2 Å². The smallest absolute Gasteiger partial charge is 0.318 e. The molecule has 0 fully saturated rings. The van der Waals surface area contributed by atoms with Crippen molar-refractivity contribution in [1.29, 1.82) is 0 Å².